The Hall–Kier alpha value is -1.36. The number of aliphatic hydroxyl groups is 1. The number of aliphatic hydroxyl groups excluding tert-OH is 1. The maximum absolute atomic E-state index is 9.68. The molecule has 0 bridgehead atoms. The van der Waals surface area contributed by atoms with Crippen LogP contribution < -0.4 is 10.6 Å². The third-order valence-electron chi connectivity index (χ3n) is 4.36. The summed E-state index contributed by atoms with van der Waals surface area (Å²) in [5, 5.41) is 11.0. The first-order valence-corrected chi connectivity index (χ1v) is 9.45. The van der Waals surface area contributed by atoms with E-state index >= 15 is 0 Å². The largest absolute Gasteiger partial charge is 0.397 e. The van der Waals surface area contributed by atoms with E-state index in [1.165, 1.54) is 0 Å². The molecule has 1 fully saturated rings. The van der Waals surface area contributed by atoms with E-state index in [0.29, 0.717) is 22.4 Å². The summed E-state index contributed by atoms with van der Waals surface area (Å²) >= 11 is 12.4. The van der Waals surface area contributed by atoms with Gasteiger partial charge in [0.15, 0.2) is 0 Å². The average molecular weight is 384 g/mol. The summed E-state index contributed by atoms with van der Waals surface area (Å²) in [6.07, 6.45) is 5.90. The lowest BCUT2D eigenvalue weighted by atomic mass is 10.0. The second-order valence-corrected chi connectivity index (χ2v) is 7.20. The predicted molar refractivity (Wildman–Crippen MR) is 107 cm³/mol. The van der Waals surface area contributed by atoms with Gasteiger partial charge in [0.05, 0.1) is 29.7 Å². The molecule has 0 aliphatic carbocycles. The summed E-state index contributed by atoms with van der Waals surface area (Å²) in [6.45, 7) is 6.64. The van der Waals surface area contributed by atoms with Gasteiger partial charge in [0.2, 0.25) is 0 Å². The molecule has 1 aliphatic rings. The van der Waals surface area contributed by atoms with E-state index in [1.807, 2.05) is 31.2 Å². The van der Waals surface area contributed by atoms with Gasteiger partial charge in [0.1, 0.15) is 0 Å². The van der Waals surface area contributed by atoms with Crippen molar-refractivity contribution in [2.75, 3.05) is 31.3 Å². The molecule has 1 aliphatic heterocycles. The summed E-state index contributed by atoms with van der Waals surface area (Å²) in [5.74, 6) is -0.0258. The molecule has 138 valence electrons. The van der Waals surface area contributed by atoms with Crippen LogP contribution in [0.3, 0.4) is 0 Å². The normalized spacial score (nSPS) is 17.8. The van der Waals surface area contributed by atoms with E-state index in [9.17, 15) is 5.11 Å². The molecule has 1 saturated heterocycles. The fourth-order valence-corrected chi connectivity index (χ4v) is 3.65. The van der Waals surface area contributed by atoms with Gasteiger partial charge in [-0.05, 0) is 37.1 Å². The van der Waals surface area contributed by atoms with Gasteiger partial charge in [-0.2, -0.15) is 0 Å². The molecule has 25 heavy (non-hydrogen) atoms. The van der Waals surface area contributed by atoms with E-state index in [-0.39, 0.29) is 12.5 Å². The van der Waals surface area contributed by atoms with Crippen molar-refractivity contribution in [2.45, 2.75) is 26.7 Å². The highest BCUT2D eigenvalue weighted by Gasteiger charge is 2.25. The minimum Gasteiger partial charge on any atom is -0.397 e. The van der Waals surface area contributed by atoms with Gasteiger partial charge in [-0.25, -0.2) is 0 Å². The highest BCUT2D eigenvalue weighted by Crippen LogP contribution is 2.31. The van der Waals surface area contributed by atoms with E-state index < -0.39 is 0 Å². The van der Waals surface area contributed by atoms with Crippen molar-refractivity contribution >= 4 is 28.9 Å². The molecule has 2 rings (SSSR count). The molecule has 0 spiro atoms. The van der Waals surface area contributed by atoms with Gasteiger partial charge in [0, 0.05) is 29.7 Å². The van der Waals surface area contributed by atoms with Crippen molar-refractivity contribution in [1.82, 2.24) is 4.90 Å². The fraction of sp³-hybridized carbons (Fsp3) is 0.474. The van der Waals surface area contributed by atoms with Crippen LogP contribution in [0.2, 0.25) is 10.0 Å². The van der Waals surface area contributed by atoms with Crippen molar-refractivity contribution in [1.29, 1.82) is 0 Å². The summed E-state index contributed by atoms with van der Waals surface area (Å²) in [7, 11) is 0. The van der Waals surface area contributed by atoms with E-state index in [4.69, 9.17) is 28.9 Å². The zero-order chi connectivity index (χ0) is 18.4. The monoisotopic (exact) mass is 383 g/mol. The molecule has 1 aromatic carbocycles. The first kappa shape index (κ1) is 20.0. The Labute approximate surface area is 160 Å². The third-order valence-corrected chi connectivity index (χ3v) is 4.90. The lowest BCUT2D eigenvalue weighted by Gasteiger charge is -2.41. The van der Waals surface area contributed by atoms with Gasteiger partial charge < -0.3 is 20.6 Å². The fourth-order valence-electron chi connectivity index (χ4n) is 3.13. The Morgan fingerprint density at radius 1 is 1.36 bits per heavy atom. The molecule has 1 atom stereocenters. The van der Waals surface area contributed by atoms with Crippen molar-refractivity contribution in [3.63, 3.8) is 0 Å². The molecule has 6 heteroatoms. The van der Waals surface area contributed by atoms with Crippen molar-refractivity contribution < 1.29 is 5.11 Å². The van der Waals surface area contributed by atoms with Gasteiger partial charge in [0.25, 0.3) is 0 Å². The van der Waals surface area contributed by atoms with Crippen LogP contribution in [0.1, 0.15) is 26.7 Å². The van der Waals surface area contributed by atoms with Crippen LogP contribution in [0.15, 0.2) is 41.7 Å². The molecule has 3 N–H and O–H groups in total. The predicted octanol–water partition coefficient (Wildman–Crippen LogP) is 4.23. The first-order valence-electron chi connectivity index (χ1n) is 8.69. The standard InChI is InChI=1S/C19H27Cl2N3O/c1-3-4-6-17(22)19(14(2)12-25)24-10-5-9-23(13-24)18-8-7-15(20)11-16(18)21/h4,6-8,11,14,25H,3,5,9-10,12-13,22H2,1-2H3/b6-4-,19-17-. The molecule has 4 nitrogen and oxygen atoms in total. The number of hydrogen-bond donors (Lipinski definition) is 2. The number of allylic oxidation sites excluding steroid dienone is 2. The summed E-state index contributed by atoms with van der Waals surface area (Å²) in [4.78, 5) is 4.47. The summed E-state index contributed by atoms with van der Waals surface area (Å²) < 4.78 is 0. The number of hydrogen-bond acceptors (Lipinski definition) is 4. The molecule has 0 radical (unpaired) electrons. The van der Waals surface area contributed by atoms with Crippen LogP contribution in [0.25, 0.3) is 0 Å². The average Bonchev–Trinajstić information content (AvgIpc) is 2.60. The van der Waals surface area contributed by atoms with Crippen LogP contribution in [0, 0.1) is 5.92 Å². The second-order valence-electron chi connectivity index (χ2n) is 6.35. The van der Waals surface area contributed by atoms with E-state index in [2.05, 4.69) is 16.7 Å². The Kier molecular flexibility index (Phi) is 7.48. The zero-order valence-corrected chi connectivity index (χ0v) is 16.4. The zero-order valence-electron chi connectivity index (χ0n) is 14.9. The lowest BCUT2D eigenvalue weighted by molar-refractivity contribution is 0.205. The quantitative estimate of drug-likeness (QED) is 0.721. The number of rotatable bonds is 6. The molecule has 1 heterocycles. The Morgan fingerprint density at radius 2 is 2.12 bits per heavy atom. The molecule has 1 unspecified atom stereocenters. The topological polar surface area (TPSA) is 52.7 Å². The van der Waals surface area contributed by atoms with Crippen molar-refractivity contribution in [3.05, 3.63) is 51.8 Å². The minimum atomic E-state index is -0.0258. The van der Waals surface area contributed by atoms with E-state index in [0.717, 1.165) is 37.3 Å². The minimum absolute atomic E-state index is 0.0258. The second kappa shape index (κ2) is 9.37. The number of nitrogens with two attached hydrogens (primary N) is 1. The number of anilines is 1. The van der Waals surface area contributed by atoms with Crippen LogP contribution in [0.5, 0.6) is 0 Å². The van der Waals surface area contributed by atoms with E-state index in [1.54, 1.807) is 6.07 Å². The Balaban J connectivity index is 2.29. The van der Waals surface area contributed by atoms with Gasteiger partial charge in [-0.1, -0.05) is 43.1 Å². The Bertz CT molecular complexity index is 646. The molecular formula is C19H27Cl2N3O. The molecule has 1 aromatic rings. The van der Waals surface area contributed by atoms with Crippen LogP contribution in [-0.4, -0.2) is 36.4 Å². The van der Waals surface area contributed by atoms with Crippen LogP contribution >= 0.6 is 23.2 Å². The van der Waals surface area contributed by atoms with Crippen molar-refractivity contribution in [2.24, 2.45) is 11.7 Å². The van der Waals surface area contributed by atoms with Gasteiger partial charge in [-0.15, -0.1) is 0 Å². The number of nitrogens with zero attached hydrogens (tertiary/aromatic N) is 2. The number of benzene rings is 1. The van der Waals surface area contributed by atoms with Crippen LogP contribution in [-0.2, 0) is 0 Å². The Morgan fingerprint density at radius 3 is 2.76 bits per heavy atom. The smallest absolute Gasteiger partial charge is 0.0901 e. The third kappa shape index (κ3) is 5.06. The maximum Gasteiger partial charge on any atom is 0.0901 e. The molecule has 0 amide bonds. The summed E-state index contributed by atoms with van der Waals surface area (Å²) in [6, 6.07) is 5.57. The van der Waals surface area contributed by atoms with Crippen molar-refractivity contribution in [3.8, 4) is 0 Å². The number of halogens is 2. The first-order chi connectivity index (χ1) is 12.0. The highest BCUT2D eigenvalue weighted by molar-refractivity contribution is 6.36. The van der Waals surface area contributed by atoms with Crippen LogP contribution in [0.4, 0.5) is 5.69 Å². The van der Waals surface area contributed by atoms with Gasteiger partial charge >= 0.3 is 0 Å². The molecule has 0 saturated carbocycles. The lowest BCUT2D eigenvalue weighted by Crippen LogP contribution is -2.46. The van der Waals surface area contributed by atoms with Gasteiger partial charge in [-0.3, -0.25) is 0 Å². The maximum atomic E-state index is 9.68. The molecule has 0 aromatic heterocycles. The SMILES string of the molecule is CC/C=C\C(N)=C(/C(C)CO)N1CCCN(c2ccc(Cl)cc2Cl)C1. The molecular weight excluding hydrogens is 357 g/mol. The summed E-state index contributed by atoms with van der Waals surface area (Å²) in [5.41, 5.74) is 8.99. The highest BCUT2D eigenvalue weighted by atomic mass is 35.5.